The minimum atomic E-state index is -0.277. The van der Waals surface area contributed by atoms with Crippen molar-refractivity contribution in [3.05, 3.63) is 82.9 Å². The number of likely N-dealkylation sites (tertiary alicyclic amines) is 1. The van der Waals surface area contributed by atoms with Gasteiger partial charge in [-0.25, -0.2) is 9.07 Å². The Bertz CT molecular complexity index is 1000. The van der Waals surface area contributed by atoms with Crippen LogP contribution in [0.1, 0.15) is 39.5 Å². The van der Waals surface area contributed by atoms with Crippen LogP contribution in [-0.4, -0.2) is 52.0 Å². The van der Waals surface area contributed by atoms with E-state index >= 15 is 0 Å². The van der Waals surface area contributed by atoms with Crippen LogP contribution >= 0.6 is 0 Å². The van der Waals surface area contributed by atoms with Crippen LogP contribution in [0.15, 0.2) is 54.7 Å². The second kappa shape index (κ2) is 9.17. The SMILES string of the molecule is Cc1ccccc1[C@@H]1CCN(CCNC(=O)c2cn(Cc3ccc(F)cc3)nn2)C1. The molecule has 1 amide bonds. The first-order valence-electron chi connectivity index (χ1n) is 10.3. The smallest absolute Gasteiger partial charge is 0.273 e. The Morgan fingerprint density at radius 3 is 2.80 bits per heavy atom. The molecule has 0 unspecified atom stereocenters. The van der Waals surface area contributed by atoms with Gasteiger partial charge in [-0.3, -0.25) is 4.79 Å². The fourth-order valence-corrected chi connectivity index (χ4v) is 4.01. The summed E-state index contributed by atoms with van der Waals surface area (Å²) in [5.41, 5.74) is 3.96. The summed E-state index contributed by atoms with van der Waals surface area (Å²) in [5.74, 6) is 0.0592. The lowest BCUT2D eigenvalue weighted by molar-refractivity contribution is 0.0944. The van der Waals surface area contributed by atoms with Crippen molar-refractivity contribution in [3.8, 4) is 0 Å². The van der Waals surface area contributed by atoms with E-state index in [1.165, 1.54) is 23.3 Å². The maximum atomic E-state index is 13.0. The molecule has 1 N–H and O–H groups in total. The molecule has 1 aromatic heterocycles. The first kappa shape index (κ1) is 20.2. The lowest BCUT2D eigenvalue weighted by Crippen LogP contribution is -2.34. The number of aromatic nitrogens is 3. The molecule has 4 rings (SSSR count). The summed E-state index contributed by atoms with van der Waals surface area (Å²) >= 11 is 0. The average Bonchev–Trinajstić information content (AvgIpc) is 3.40. The van der Waals surface area contributed by atoms with Gasteiger partial charge in [0.1, 0.15) is 5.82 Å². The third kappa shape index (κ3) is 4.91. The van der Waals surface area contributed by atoms with Crippen LogP contribution in [0.4, 0.5) is 4.39 Å². The number of hydrogen-bond acceptors (Lipinski definition) is 4. The predicted molar refractivity (Wildman–Crippen MR) is 113 cm³/mol. The lowest BCUT2D eigenvalue weighted by atomic mass is 9.94. The van der Waals surface area contributed by atoms with Crippen LogP contribution < -0.4 is 5.32 Å². The number of nitrogens with zero attached hydrogens (tertiary/aromatic N) is 4. The minimum absolute atomic E-state index is 0.227. The highest BCUT2D eigenvalue weighted by Gasteiger charge is 2.24. The molecule has 3 aromatic rings. The molecule has 0 spiro atoms. The highest BCUT2D eigenvalue weighted by Crippen LogP contribution is 2.28. The van der Waals surface area contributed by atoms with E-state index in [0.717, 1.165) is 31.6 Å². The van der Waals surface area contributed by atoms with Crippen LogP contribution in [-0.2, 0) is 6.54 Å². The Balaban J connectivity index is 1.23. The van der Waals surface area contributed by atoms with Crippen LogP contribution in [0, 0.1) is 12.7 Å². The summed E-state index contributed by atoms with van der Waals surface area (Å²) < 4.78 is 14.6. The Hall–Kier alpha value is -3.06. The van der Waals surface area contributed by atoms with Crippen molar-refractivity contribution in [2.24, 2.45) is 0 Å². The van der Waals surface area contributed by atoms with Crippen molar-refractivity contribution < 1.29 is 9.18 Å². The van der Waals surface area contributed by atoms with Gasteiger partial charge in [0.25, 0.3) is 5.91 Å². The van der Waals surface area contributed by atoms with E-state index in [4.69, 9.17) is 0 Å². The summed E-state index contributed by atoms with van der Waals surface area (Å²) in [4.78, 5) is 14.8. The molecular formula is C23H26FN5O. The Morgan fingerprint density at radius 2 is 2.00 bits per heavy atom. The van der Waals surface area contributed by atoms with E-state index in [1.54, 1.807) is 23.0 Å². The van der Waals surface area contributed by atoms with E-state index in [0.29, 0.717) is 19.0 Å². The summed E-state index contributed by atoms with van der Waals surface area (Å²) in [7, 11) is 0. The molecule has 7 heteroatoms. The number of amides is 1. The molecule has 0 aliphatic carbocycles. The first-order valence-corrected chi connectivity index (χ1v) is 10.3. The quantitative estimate of drug-likeness (QED) is 0.654. The molecule has 156 valence electrons. The molecule has 1 aliphatic heterocycles. The summed E-state index contributed by atoms with van der Waals surface area (Å²) in [6.45, 7) is 6.06. The van der Waals surface area contributed by atoms with Crippen molar-refractivity contribution >= 4 is 5.91 Å². The number of carbonyl (C=O) groups excluding carboxylic acids is 1. The van der Waals surface area contributed by atoms with Crippen LogP contribution in [0.2, 0.25) is 0 Å². The molecule has 2 heterocycles. The molecule has 1 fully saturated rings. The number of nitrogens with one attached hydrogen (secondary N) is 1. The topological polar surface area (TPSA) is 63.1 Å². The van der Waals surface area contributed by atoms with Gasteiger partial charge < -0.3 is 10.2 Å². The van der Waals surface area contributed by atoms with Gasteiger partial charge in [0.15, 0.2) is 5.69 Å². The minimum Gasteiger partial charge on any atom is -0.349 e. The highest BCUT2D eigenvalue weighted by molar-refractivity contribution is 5.91. The normalized spacial score (nSPS) is 16.7. The predicted octanol–water partition coefficient (Wildman–Crippen LogP) is 2.99. The number of hydrogen-bond donors (Lipinski definition) is 1. The molecule has 6 nitrogen and oxygen atoms in total. The number of aryl methyl sites for hydroxylation is 1. The summed E-state index contributed by atoms with van der Waals surface area (Å²) in [5, 5.41) is 10.9. The molecule has 2 aromatic carbocycles. The largest absolute Gasteiger partial charge is 0.349 e. The number of carbonyl (C=O) groups is 1. The van der Waals surface area contributed by atoms with Gasteiger partial charge in [0.05, 0.1) is 12.7 Å². The zero-order valence-corrected chi connectivity index (χ0v) is 17.1. The van der Waals surface area contributed by atoms with Crippen LogP contribution in [0.5, 0.6) is 0 Å². The molecular weight excluding hydrogens is 381 g/mol. The molecule has 30 heavy (non-hydrogen) atoms. The van der Waals surface area contributed by atoms with E-state index in [1.807, 2.05) is 0 Å². The standard InChI is InChI=1S/C23H26FN5O/c1-17-4-2-3-5-21(17)19-10-12-28(15-19)13-11-25-23(30)22-16-29(27-26-22)14-18-6-8-20(24)9-7-18/h2-9,16,19H,10-15H2,1H3,(H,25,30)/t19-/m1/s1. The van der Waals surface area contributed by atoms with Crippen molar-refractivity contribution in [1.82, 2.24) is 25.2 Å². The number of benzene rings is 2. The molecule has 1 atom stereocenters. The Morgan fingerprint density at radius 1 is 1.20 bits per heavy atom. The first-order chi connectivity index (χ1) is 14.6. The average molecular weight is 407 g/mol. The second-order valence-electron chi connectivity index (χ2n) is 7.83. The Kier molecular flexibility index (Phi) is 6.18. The van der Waals surface area contributed by atoms with Crippen LogP contribution in [0.3, 0.4) is 0 Å². The van der Waals surface area contributed by atoms with E-state index < -0.39 is 0 Å². The molecule has 0 bridgehead atoms. The third-order valence-corrected chi connectivity index (χ3v) is 5.64. The second-order valence-corrected chi connectivity index (χ2v) is 7.83. The lowest BCUT2D eigenvalue weighted by Gasteiger charge is -2.17. The summed E-state index contributed by atoms with van der Waals surface area (Å²) in [6.07, 6.45) is 2.76. The zero-order valence-electron chi connectivity index (χ0n) is 17.1. The van der Waals surface area contributed by atoms with Gasteiger partial charge in [-0.1, -0.05) is 41.6 Å². The molecule has 0 radical (unpaired) electrons. The third-order valence-electron chi connectivity index (χ3n) is 5.64. The maximum absolute atomic E-state index is 13.0. The van der Waals surface area contributed by atoms with Gasteiger partial charge in [-0.15, -0.1) is 5.10 Å². The monoisotopic (exact) mass is 407 g/mol. The van der Waals surface area contributed by atoms with E-state index in [2.05, 4.69) is 51.7 Å². The van der Waals surface area contributed by atoms with Crippen molar-refractivity contribution in [3.63, 3.8) is 0 Å². The van der Waals surface area contributed by atoms with Crippen molar-refractivity contribution in [1.29, 1.82) is 0 Å². The van der Waals surface area contributed by atoms with Gasteiger partial charge in [0.2, 0.25) is 0 Å². The Labute approximate surface area is 175 Å². The molecule has 1 aliphatic rings. The van der Waals surface area contributed by atoms with Crippen molar-refractivity contribution in [2.75, 3.05) is 26.2 Å². The fraction of sp³-hybridized carbons (Fsp3) is 0.348. The van der Waals surface area contributed by atoms with Gasteiger partial charge in [-0.05, 0) is 54.6 Å². The number of rotatable bonds is 7. The van der Waals surface area contributed by atoms with E-state index in [-0.39, 0.29) is 17.4 Å². The van der Waals surface area contributed by atoms with Gasteiger partial charge >= 0.3 is 0 Å². The van der Waals surface area contributed by atoms with Gasteiger partial charge in [0, 0.05) is 19.6 Å². The highest BCUT2D eigenvalue weighted by atomic mass is 19.1. The molecule has 1 saturated heterocycles. The fourth-order valence-electron chi connectivity index (χ4n) is 4.01. The van der Waals surface area contributed by atoms with Crippen LogP contribution in [0.25, 0.3) is 0 Å². The summed E-state index contributed by atoms with van der Waals surface area (Å²) in [6, 6.07) is 14.8. The van der Waals surface area contributed by atoms with Crippen molar-refractivity contribution in [2.45, 2.75) is 25.8 Å². The zero-order chi connectivity index (χ0) is 20.9. The molecule has 0 saturated carbocycles. The van der Waals surface area contributed by atoms with Gasteiger partial charge in [-0.2, -0.15) is 0 Å². The number of halogens is 1. The maximum Gasteiger partial charge on any atom is 0.273 e. The van der Waals surface area contributed by atoms with E-state index in [9.17, 15) is 9.18 Å².